The molecule has 2 aromatic heterocycles. The fraction of sp³-hybridized carbons (Fsp3) is 0.200. The van der Waals surface area contributed by atoms with E-state index in [1.54, 1.807) is 12.1 Å². The van der Waals surface area contributed by atoms with Gasteiger partial charge in [0.15, 0.2) is 0 Å². The Balaban J connectivity index is 0.00000288. The Labute approximate surface area is 257 Å². The first-order chi connectivity index (χ1) is 19.8. The summed E-state index contributed by atoms with van der Waals surface area (Å²) in [6.45, 7) is 6.47. The van der Waals surface area contributed by atoms with Crippen LogP contribution in [0.25, 0.3) is 32.8 Å². The number of nitrogens with zero attached hydrogens (tertiary/aromatic N) is 2. The van der Waals surface area contributed by atoms with Gasteiger partial charge < -0.3 is 19.0 Å². The minimum Gasteiger partial charge on any atom is -0.514 e. The number of ether oxygens (including phenoxy) is 2. The van der Waals surface area contributed by atoms with Crippen molar-refractivity contribution in [1.82, 2.24) is 4.98 Å². The molecule has 0 bridgehead atoms. The number of rotatable bonds is 3. The van der Waals surface area contributed by atoms with Gasteiger partial charge in [0.25, 0.3) is 0 Å². The van der Waals surface area contributed by atoms with E-state index >= 15 is 0 Å². The maximum absolute atomic E-state index is 10.5. The molecule has 2 aliphatic rings. The summed E-state index contributed by atoms with van der Waals surface area (Å²) in [5.74, 6) is 1.36. The van der Waals surface area contributed by atoms with E-state index in [9.17, 15) is 5.11 Å². The Kier molecular flexibility index (Phi) is 6.18. The number of pyridine rings is 1. The second kappa shape index (κ2) is 9.71. The molecule has 6 aromatic rings. The van der Waals surface area contributed by atoms with E-state index in [0.29, 0.717) is 34.2 Å². The smallest absolute Gasteiger partial charge is 0.217 e. The number of benzene rings is 4. The Morgan fingerprint density at radius 3 is 2.67 bits per heavy atom. The van der Waals surface area contributed by atoms with Crippen molar-refractivity contribution in [1.29, 1.82) is 0 Å². The Morgan fingerprint density at radius 2 is 1.79 bits per heavy atom. The summed E-state index contributed by atoms with van der Waals surface area (Å²) in [4.78, 5) is 9.70. The minimum absolute atomic E-state index is 0. The van der Waals surface area contributed by atoms with Crippen LogP contribution in [0.3, 0.4) is 0 Å². The maximum atomic E-state index is 10.5. The molecule has 0 spiro atoms. The maximum Gasteiger partial charge on any atom is 0.217 e. The molecule has 3 heterocycles. The van der Waals surface area contributed by atoms with Gasteiger partial charge in [0.05, 0.1) is 11.3 Å². The first kappa shape index (κ1) is 26.7. The number of fused-ring (bicyclic) bond motifs is 7. The zero-order valence-corrected chi connectivity index (χ0v) is 25.5. The van der Waals surface area contributed by atoms with Crippen molar-refractivity contribution in [2.75, 3.05) is 0 Å². The summed E-state index contributed by atoms with van der Waals surface area (Å²) in [7, 11) is 0. The number of aromatic nitrogens is 1. The molecule has 0 saturated carbocycles. The molecule has 212 valence electrons. The van der Waals surface area contributed by atoms with Crippen molar-refractivity contribution < 1.29 is 40.1 Å². The third-order valence-corrected chi connectivity index (χ3v) is 8.30. The average molecular weight is 735 g/mol. The van der Waals surface area contributed by atoms with Gasteiger partial charge in [-0.1, -0.05) is 73.3 Å². The van der Waals surface area contributed by atoms with Gasteiger partial charge in [0, 0.05) is 37.9 Å². The number of aromatic hydroxyl groups is 1. The van der Waals surface area contributed by atoms with Gasteiger partial charge in [-0.3, -0.25) is 4.99 Å². The van der Waals surface area contributed by atoms with Crippen molar-refractivity contribution in [3.05, 3.63) is 107 Å². The molecule has 0 fully saturated rings. The molecule has 0 radical (unpaired) electrons. The fourth-order valence-corrected chi connectivity index (χ4v) is 6.42. The Hall–Kier alpha value is -4.15. The molecular weight excluding hydrogens is 707 g/mol. The Bertz CT molecular complexity index is 2060. The first-order valence-corrected chi connectivity index (χ1v) is 13.8. The van der Waals surface area contributed by atoms with Crippen molar-refractivity contribution in [2.45, 2.75) is 44.8 Å². The van der Waals surface area contributed by atoms with Gasteiger partial charge in [-0.25, -0.2) is 4.98 Å². The van der Waals surface area contributed by atoms with Crippen molar-refractivity contribution in [2.24, 2.45) is 4.99 Å². The summed E-state index contributed by atoms with van der Waals surface area (Å²) < 4.78 is 19.2. The van der Waals surface area contributed by atoms with E-state index in [-0.39, 0.29) is 44.4 Å². The number of para-hydroxylation sites is 1. The van der Waals surface area contributed by atoms with Crippen LogP contribution in [0.5, 0.6) is 17.4 Å². The average Bonchev–Trinajstić information content (AvgIpc) is 3.55. The van der Waals surface area contributed by atoms with E-state index < -0.39 is 0 Å². The third-order valence-electron chi connectivity index (χ3n) is 8.30. The molecule has 0 amide bonds. The monoisotopic (exact) mass is 734 g/mol. The summed E-state index contributed by atoms with van der Waals surface area (Å²) in [5.41, 5.74) is 5.95. The molecule has 8 rings (SSSR count). The summed E-state index contributed by atoms with van der Waals surface area (Å²) in [5, 5.41) is 13.2. The molecule has 6 nitrogen and oxygen atoms in total. The van der Waals surface area contributed by atoms with E-state index in [2.05, 4.69) is 49.2 Å². The van der Waals surface area contributed by atoms with Crippen LogP contribution in [-0.4, -0.2) is 22.1 Å². The quantitative estimate of drug-likeness (QED) is 0.185. The van der Waals surface area contributed by atoms with Crippen LogP contribution in [0.1, 0.15) is 48.6 Å². The number of aliphatic imine (C=N–C) groups is 1. The van der Waals surface area contributed by atoms with Crippen LogP contribution in [0.2, 0.25) is 0 Å². The van der Waals surface area contributed by atoms with Crippen molar-refractivity contribution in [3.63, 3.8) is 0 Å². The second-order valence-corrected chi connectivity index (χ2v) is 11.7. The number of furan rings is 1. The molecule has 42 heavy (non-hydrogen) atoms. The molecule has 2 atom stereocenters. The predicted octanol–water partition coefficient (Wildman–Crippen LogP) is 8.31. The third kappa shape index (κ3) is 4.20. The van der Waals surface area contributed by atoms with Crippen LogP contribution in [0, 0.1) is 13.0 Å². The number of hydrogen-bond acceptors (Lipinski definition) is 6. The van der Waals surface area contributed by atoms with Crippen LogP contribution in [-0.2, 0) is 31.2 Å². The molecule has 1 N–H and O–H groups in total. The van der Waals surface area contributed by atoms with Gasteiger partial charge in [-0.15, -0.1) is 6.07 Å². The fourth-order valence-electron chi connectivity index (χ4n) is 6.42. The largest absolute Gasteiger partial charge is 0.514 e. The number of phenolic OH excluding ortho intramolecular Hbond substituents is 1. The number of aryl methyl sites for hydroxylation is 1. The zero-order valence-electron chi connectivity index (χ0n) is 23.2. The first-order valence-electron chi connectivity index (χ1n) is 13.8. The van der Waals surface area contributed by atoms with Crippen LogP contribution >= 0.6 is 0 Å². The summed E-state index contributed by atoms with van der Waals surface area (Å²) in [6, 6.07) is 29.1. The van der Waals surface area contributed by atoms with Crippen LogP contribution in [0.15, 0.2) is 88.3 Å². The summed E-state index contributed by atoms with van der Waals surface area (Å²) >= 11 is 0. The molecular formula is C35H27N2O4Pt-. The summed E-state index contributed by atoms with van der Waals surface area (Å²) in [6.07, 6.45) is 0.810. The van der Waals surface area contributed by atoms with Crippen LogP contribution in [0.4, 0.5) is 0 Å². The van der Waals surface area contributed by atoms with Gasteiger partial charge >= 0.3 is 0 Å². The van der Waals surface area contributed by atoms with E-state index in [4.69, 9.17) is 18.9 Å². The van der Waals surface area contributed by atoms with Gasteiger partial charge in [-0.05, 0) is 59.7 Å². The topological polar surface area (TPSA) is 77.1 Å². The van der Waals surface area contributed by atoms with Crippen LogP contribution < -0.4 is 4.74 Å². The Morgan fingerprint density at radius 1 is 0.976 bits per heavy atom. The number of hydrogen-bond donors (Lipinski definition) is 1. The van der Waals surface area contributed by atoms with Gasteiger partial charge in [0.1, 0.15) is 34.9 Å². The SMILES string of the molecule is Cc1cc(O)c2nc(Oc3[c-]c(C4=N[C@H]5c6ccccc6C(C)(C)C[C@@H]5O4)cc4c3oc3ccccc34)ccc2c1.[Pt]. The molecule has 1 aliphatic carbocycles. The molecule has 7 heteroatoms. The van der Waals surface area contributed by atoms with E-state index in [1.165, 1.54) is 11.1 Å². The molecule has 0 saturated heterocycles. The van der Waals surface area contributed by atoms with E-state index in [0.717, 1.165) is 33.7 Å². The standard InChI is InChI=1S/C35H27N2O4.Pt/c1-19-14-20-12-13-30(36-31(20)26(38)15-19)39-28-17-21(16-24-22-8-5-7-11-27(22)40-33(24)28)34-37-32-23-9-4-6-10-25(23)35(2,3)18-29(32)41-34;/h4-16,29,32,38H,18H2,1-3H3;/q-1;/t29-,32-;/m0./s1. The zero-order chi connectivity index (χ0) is 27.9. The predicted molar refractivity (Wildman–Crippen MR) is 159 cm³/mol. The van der Waals surface area contributed by atoms with Crippen molar-refractivity contribution >= 4 is 38.7 Å². The van der Waals surface area contributed by atoms with E-state index in [1.807, 2.05) is 49.4 Å². The number of phenols is 1. The van der Waals surface area contributed by atoms with Gasteiger partial charge in [0.2, 0.25) is 5.88 Å². The molecule has 4 aromatic carbocycles. The minimum atomic E-state index is -0.0719. The molecule has 0 unspecified atom stereocenters. The molecule has 1 aliphatic heterocycles. The second-order valence-electron chi connectivity index (χ2n) is 11.7. The van der Waals surface area contributed by atoms with Crippen molar-refractivity contribution in [3.8, 4) is 17.4 Å². The van der Waals surface area contributed by atoms with Gasteiger partial charge in [-0.2, -0.15) is 0 Å². The normalized spacial score (nSPS) is 18.7.